The number of benzene rings is 1. The Labute approximate surface area is 117 Å². The molecule has 0 saturated carbocycles. The van der Waals surface area contributed by atoms with Gasteiger partial charge in [-0.1, -0.05) is 32.0 Å². The first kappa shape index (κ1) is 12.8. The number of nitrogen functional groups attached to an aromatic ring is 1. The summed E-state index contributed by atoms with van der Waals surface area (Å²) in [5, 5.41) is 3.92. The van der Waals surface area contributed by atoms with Gasteiger partial charge in [-0.15, -0.1) is 0 Å². The van der Waals surface area contributed by atoms with E-state index in [0.29, 0.717) is 11.7 Å². The van der Waals surface area contributed by atoms with Crippen LogP contribution in [0.4, 0.5) is 5.82 Å². The van der Waals surface area contributed by atoms with Gasteiger partial charge in [0.2, 0.25) is 6.79 Å². The summed E-state index contributed by atoms with van der Waals surface area (Å²) >= 11 is 0. The molecule has 0 amide bonds. The van der Waals surface area contributed by atoms with Gasteiger partial charge in [-0.25, -0.2) is 0 Å². The molecular formula is C15H18N2O3. The largest absolute Gasteiger partial charge is 0.454 e. The van der Waals surface area contributed by atoms with Gasteiger partial charge in [0.05, 0.1) is 5.56 Å². The first-order valence-corrected chi connectivity index (χ1v) is 6.73. The second-order valence-corrected chi connectivity index (χ2v) is 5.41. The van der Waals surface area contributed by atoms with Crippen molar-refractivity contribution in [3.8, 4) is 22.6 Å². The minimum Gasteiger partial charge on any atom is -0.454 e. The van der Waals surface area contributed by atoms with Gasteiger partial charge in [-0.2, -0.15) is 0 Å². The fourth-order valence-corrected chi connectivity index (χ4v) is 2.27. The topological polar surface area (TPSA) is 70.5 Å². The third-order valence-electron chi connectivity index (χ3n) is 3.82. The Morgan fingerprint density at radius 1 is 1.15 bits per heavy atom. The number of anilines is 1. The number of hydrogen-bond acceptors (Lipinski definition) is 5. The molecule has 2 heterocycles. The molecule has 0 bridgehead atoms. The van der Waals surface area contributed by atoms with E-state index in [1.807, 2.05) is 18.2 Å². The van der Waals surface area contributed by atoms with Crippen LogP contribution in [-0.4, -0.2) is 11.9 Å². The number of fused-ring (bicyclic) bond motifs is 1. The predicted octanol–water partition coefficient (Wildman–Crippen LogP) is 3.41. The molecule has 20 heavy (non-hydrogen) atoms. The zero-order chi connectivity index (χ0) is 14.3. The Morgan fingerprint density at radius 3 is 2.65 bits per heavy atom. The molecular weight excluding hydrogens is 256 g/mol. The summed E-state index contributed by atoms with van der Waals surface area (Å²) in [5.41, 5.74) is 7.77. The molecule has 3 rings (SSSR count). The lowest BCUT2D eigenvalue weighted by atomic mass is 9.90. The third-order valence-corrected chi connectivity index (χ3v) is 3.82. The van der Waals surface area contributed by atoms with Crippen LogP contribution in [0.15, 0.2) is 22.7 Å². The van der Waals surface area contributed by atoms with Gasteiger partial charge in [0.25, 0.3) is 0 Å². The second-order valence-electron chi connectivity index (χ2n) is 5.41. The van der Waals surface area contributed by atoms with Gasteiger partial charge in [0.15, 0.2) is 17.3 Å². The average Bonchev–Trinajstić information content (AvgIpc) is 3.02. The van der Waals surface area contributed by atoms with E-state index in [1.54, 1.807) is 0 Å². The fourth-order valence-electron chi connectivity index (χ4n) is 2.27. The van der Waals surface area contributed by atoms with Crippen LogP contribution < -0.4 is 15.2 Å². The molecule has 0 saturated heterocycles. The van der Waals surface area contributed by atoms with Crippen molar-refractivity contribution in [2.45, 2.75) is 26.7 Å². The monoisotopic (exact) mass is 274 g/mol. The Bertz CT molecular complexity index is 634. The molecule has 1 unspecified atom stereocenters. The maximum absolute atomic E-state index is 5.98. The highest BCUT2D eigenvalue weighted by Gasteiger charge is 2.24. The van der Waals surface area contributed by atoms with Crippen LogP contribution in [-0.2, 0) is 0 Å². The molecule has 2 aromatic rings. The highest BCUT2D eigenvalue weighted by molar-refractivity contribution is 5.77. The van der Waals surface area contributed by atoms with Crippen LogP contribution in [0.25, 0.3) is 11.1 Å². The Kier molecular flexibility index (Phi) is 3.04. The molecule has 1 atom stereocenters. The Hall–Kier alpha value is -2.17. The number of nitrogens with two attached hydrogens (primary N) is 1. The number of ether oxygens (including phenoxy) is 2. The van der Waals surface area contributed by atoms with E-state index >= 15 is 0 Å². The van der Waals surface area contributed by atoms with Crippen molar-refractivity contribution in [3.05, 3.63) is 24.0 Å². The molecule has 0 radical (unpaired) electrons. The van der Waals surface area contributed by atoms with E-state index in [2.05, 4.69) is 25.9 Å². The number of rotatable bonds is 3. The van der Waals surface area contributed by atoms with Crippen LogP contribution >= 0.6 is 0 Å². The zero-order valence-electron chi connectivity index (χ0n) is 11.8. The zero-order valence-corrected chi connectivity index (χ0v) is 11.8. The SMILES string of the molecule is CC(C)C(C)c1onc(N)c1-c1ccc2c(c1)OCO2. The number of aromatic nitrogens is 1. The minimum absolute atomic E-state index is 0.236. The first-order chi connectivity index (χ1) is 9.58. The van der Waals surface area contributed by atoms with Crippen LogP contribution in [0.3, 0.4) is 0 Å². The van der Waals surface area contributed by atoms with Crippen molar-refractivity contribution >= 4 is 5.82 Å². The van der Waals surface area contributed by atoms with Crippen LogP contribution in [0.1, 0.15) is 32.4 Å². The summed E-state index contributed by atoms with van der Waals surface area (Å²) in [5.74, 6) is 3.38. The van der Waals surface area contributed by atoms with Crippen molar-refractivity contribution in [3.63, 3.8) is 0 Å². The maximum atomic E-state index is 5.98. The van der Waals surface area contributed by atoms with Crippen molar-refractivity contribution in [2.24, 2.45) is 5.92 Å². The summed E-state index contributed by atoms with van der Waals surface area (Å²) in [6.07, 6.45) is 0. The standard InChI is InChI=1S/C15H18N2O3/c1-8(2)9(3)14-13(15(16)17-20-14)10-4-5-11-12(6-10)19-7-18-11/h4-6,8-9H,7H2,1-3H3,(H2,16,17). The molecule has 1 aromatic heterocycles. The van der Waals surface area contributed by atoms with Gasteiger partial charge in [0.1, 0.15) is 5.76 Å². The summed E-state index contributed by atoms with van der Waals surface area (Å²) < 4.78 is 16.2. The van der Waals surface area contributed by atoms with Gasteiger partial charge >= 0.3 is 0 Å². The lowest BCUT2D eigenvalue weighted by molar-refractivity contribution is 0.174. The van der Waals surface area contributed by atoms with Crippen molar-refractivity contribution in [1.82, 2.24) is 5.16 Å². The maximum Gasteiger partial charge on any atom is 0.231 e. The summed E-state index contributed by atoms with van der Waals surface area (Å²) in [6.45, 7) is 6.66. The minimum atomic E-state index is 0.236. The quantitative estimate of drug-likeness (QED) is 0.928. The molecule has 1 aromatic carbocycles. The Balaban J connectivity index is 2.08. The Morgan fingerprint density at radius 2 is 1.90 bits per heavy atom. The third kappa shape index (κ3) is 1.99. The highest BCUT2D eigenvalue weighted by Crippen LogP contribution is 2.41. The first-order valence-electron chi connectivity index (χ1n) is 6.73. The van der Waals surface area contributed by atoms with Crippen LogP contribution in [0.5, 0.6) is 11.5 Å². The van der Waals surface area contributed by atoms with Crippen LogP contribution in [0, 0.1) is 5.92 Å². The highest BCUT2D eigenvalue weighted by atomic mass is 16.7. The lowest BCUT2D eigenvalue weighted by Gasteiger charge is -2.14. The molecule has 0 aliphatic carbocycles. The van der Waals surface area contributed by atoms with Crippen molar-refractivity contribution < 1.29 is 14.0 Å². The molecule has 2 N–H and O–H groups in total. The van der Waals surface area contributed by atoms with Crippen molar-refractivity contribution in [2.75, 3.05) is 12.5 Å². The lowest BCUT2D eigenvalue weighted by Crippen LogP contribution is -2.02. The van der Waals surface area contributed by atoms with Gasteiger partial charge < -0.3 is 19.7 Å². The van der Waals surface area contributed by atoms with E-state index in [-0.39, 0.29) is 12.7 Å². The fraction of sp³-hybridized carbons (Fsp3) is 0.400. The molecule has 1 aliphatic rings. The molecule has 1 aliphatic heterocycles. The molecule has 0 spiro atoms. The summed E-state index contributed by atoms with van der Waals surface area (Å²) in [4.78, 5) is 0. The summed E-state index contributed by atoms with van der Waals surface area (Å²) in [6, 6.07) is 5.75. The van der Waals surface area contributed by atoms with E-state index in [4.69, 9.17) is 19.7 Å². The van der Waals surface area contributed by atoms with Crippen molar-refractivity contribution in [1.29, 1.82) is 0 Å². The van der Waals surface area contributed by atoms with E-state index in [0.717, 1.165) is 28.4 Å². The number of nitrogens with zero attached hydrogens (tertiary/aromatic N) is 1. The van der Waals surface area contributed by atoms with Gasteiger partial charge in [-0.05, 0) is 23.6 Å². The molecule has 0 fully saturated rings. The molecule has 106 valence electrons. The van der Waals surface area contributed by atoms with E-state index in [9.17, 15) is 0 Å². The second kappa shape index (κ2) is 4.74. The van der Waals surface area contributed by atoms with E-state index < -0.39 is 0 Å². The predicted molar refractivity (Wildman–Crippen MR) is 75.7 cm³/mol. The van der Waals surface area contributed by atoms with Gasteiger partial charge in [0, 0.05) is 5.92 Å². The molecule has 5 nitrogen and oxygen atoms in total. The summed E-state index contributed by atoms with van der Waals surface area (Å²) in [7, 11) is 0. The smallest absolute Gasteiger partial charge is 0.231 e. The van der Waals surface area contributed by atoms with E-state index in [1.165, 1.54) is 0 Å². The number of hydrogen-bond donors (Lipinski definition) is 1. The van der Waals surface area contributed by atoms with Crippen LogP contribution in [0.2, 0.25) is 0 Å². The average molecular weight is 274 g/mol. The van der Waals surface area contributed by atoms with Gasteiger partial charge in [-0.3, -0.25) is 0 Å². The normalized spacial score (nSPS) is 14.8. The molecule has 5 heteroatoms.